The zero-order valence-electron chi connectivity index (χ0n) is 11.3. The Morgan fingerprint density at radius 2 is 2.12 bits per heavy atom. The van der Waals surface area contributed by atoms with Gasteiger partial charge in [0.2, 0.25) is 0 Å². The summed E-state index contributed by atoms with van der Waals surface area (Å²) in [7, 11) is 0.168. The molecule has 0 radical (unpaired) electrons. The lowest BCUT2D eigenvalue weighted by atomic mass is 10.2. The van der Waals surface area contributed by atoms with Crippen LogP contribution in [0.25, 0.3) is 0 Å². The van der Waals surface area contributed by atoms with E-state index < -0.39 is 8.56 Å². The molecule has 0 aliphatic carbocycles. The van der Waals surface area contributed by atoms with Gasteiger partial charge in [-0.15, -0.1) is 0 Å². The van der Waals surface area contributed by atoms with Gasteiger partial charge in [0.05, 0.1) is 12.7 Å². The van der Waals surface area contributed by atoms with E-state index >= 15 is 0 Å². The fraction of sp³-hybridized carbons (Fsp3) is 1.00. The zero-order valence-corrected chi connectivity index (χ0v) is 12.3. The molecule has 4 nitrogen and oxygen atoms in total. The van der Waals surface area contributed by atoms with Crippen LogP contribution in [-0.2, 0) is 13.6 Å². The van der Waals surface area contributed by atoms with Crippen molar-refractivity contribution in [3.8, 4) is 0 Å². The lowest BCUT2D eigenvalue weighted by molar-refractivity contribution is 0.00269. The van der Waals surface area contributed by atoms with E-state index in [0.717, 1.165) is 38.6 Å². The molecule has 3 unspecified atom stereocenters. The van der Waals surface area contributed by atoms with Crippen molar-refractivity contribution >= 4 is 8.56 Å². The Bertz CT molecular complexity index is 254. The first-order chi connectivity index (χ1) is 8.07. The Balaban J connectivity index is 2.10. The van der Waals surface area contributed by atoms with Gasteiger partial charge in [-0.2, -0.15) is 0 Å². The number of hydrogen-bond donors (Lipinski definition) is 0. The maximum atomic E-state index is 6.29. The molecule has 0 saturated carbocycles. The van der Waals surface area contributed by atoms with Crippen molar-refractivity contribution in [2.75, 3.05) is 33.4 Å². The van der Waals surface area contributed by atoms with E-state index in [1.54, 1.807) is 0 Å². The Kier molecular flexibility index (Phi) is 4.60. The van der Waals surface area contributed by atoms with Gasteiger partial charge in [0.1, 0.15) is 0 Å². The van der Waals surface area contributed by atoms with Gasteiger partial charge in [-0.3, -0.25) is 0 Å². The van der Waals surface area contributed by atoms with Gasteiger partial charge in [0, 0.05) is 25.8 Å². The van der Waals surface area contributed by atoms with Crippen LogP contribution >= 0.6 is 0 Å². The fourth-order valence-corrected chi connectivity index (χ4v) is 5.55. The average molecular weight is 259 g/mol. The van der Waals surface area contributed by atoms with E-state index in [1.807, 2.05) is 0 Å². The standard InChI is InChI=1S/C12H25NO3Si/c1-11-5-6-13(2)9-12-10-14-7-4-8-17(3,15-11)16-12/h11-12H,4-10H2,1-3H3. The number of fused-ring (bicyclic) bond motifs is 2. The summed E-state index contributed by atoms with van der Waals surface area (Å²) >= 11 is 0. The maximum Gasteiger partial charge on any atom is 0.335 e. The predicted octanol–water partition coefficient (Wildman–Crippen LogP) is 1.60. The van der Waals surface area contributed by atoms with Crippen LogP contribution in [0.5, 0.6) is 0 Å². The van der Waals surface area contributed by atoms with E-state index in [0.29, 0.717) is 12.7 Å². The second-order valence-corrected chi connectivity index (χ2v) is 8.77. The van der Waals surface area contributed by atoms with Crippen molar-refractivity contribution in [1.29, 1.82) is 0 Å². The van der Waals surface area contributed by atoms with Crippen LogP contribution in [0.4, 0.5) is 0 Å². The summed E-state index contributed by atoms with van der Waals surface area (Å²) in [5.41, 5.74) is 0. The van der Waals surface area contributed by atoms with Gasteiger partial charge in [-0.1, -0.05) is 0 Å². The number of hydrogen-bond acceptors (Lipinski definition) is 4. The van der Waals surface area contributed by atoms with Crippen LogP contribution in [-0.4, -0.2) is 59.0 Å². The third-order valence-corrected chi connectivity index (χ3v) is 6.52. The van der Waals surface area contributed by atoms with Crippen LogP contribution in [0.15, 0.2) is 0 Å². The van der Waals surface area contributed by atoms with Gasteiger partial charge in [-0.25, -0.2) is 0 Å². The zero-order chi connectivity index (χ0) is 12.3. The summed E-state index contributed by atoms with van der Waals surface area (Å²) in [5.74, 6) is 0. The van der Waals surface area contributed by atoms with E-state index in [4.69, 9.17) is 13.6 Å². The normalized spacial score (nSPS) is 41.8. The molecule has 17 heavy (non-hydrogen) atoms. The first kappa shape index (κ1) is 13.5. The van der Waals surface area contributed by atoms with Crippen molar-refractivity contribution in [1.82, 2.24) is 4.90 Å². The topological polar surface area (TPSA) is 30.9 Å². The minimum absolute atomic E-state index is 0.183. The molecule has 0 N–H and O–H groups in total. The highest BCUT2D eigenvalue weighted by Crippen LogP contribution is 2.24. The second kappa shape index (κ2) is 5.80. The fourth-order valence-electron chi connectivity index (χ4n) is 2.66. The lowest BCUT2D eigenvalue weighted by Crippen LogP contribution is -2.48. The van der Waals surface area contributed by atoms with Gasteiger partial charge < -0.3 is 18.5 Å². The largest absolute Gasteiger partial charge is 0.391 e. The summed E-state index contributed by atoms with van der Waals surface area (Å²) in [6.07, 6.45) is 2.66. The highest BCUT2D eigenvalue weighted by Gasteiger charge is 2.38. The third kappa shape index (κ3) is 4.03. The molecule has 2 saturated heterocycles. The molecule has 0 spiro atoms. The first-order valence-corrected chi connectivity index (χ1v) is 9.22. The highest BCUT2D eigenvalue weighted by molar-refractivity contribution is 6.66. The summed E-state index contributed by atoms with van der Waals surface area (Å²) in [4.78, 5) is 2.33. The molecule has 0 amide bonds. The average Bonchev–Trinajstić information content (AvgIpc) is 2.27. The molecule has 2 heterocycles. The van der Waals surface area contributed by atoms with Crippen LogP contribution in [0.1, 0.15) is 19.8 Å². The number of rotatable bonds is 0. The quantitative estimate of drug-likeness (QED) is 0.618. The van der Waals surface area contributed by atoms with Crippen molar-refractivity contribution in [3.63, 3.8) is 0 Å². The van der Waals surface area contributed by atoms with E-state index in [1.165, 1.54) is 0 Å². The molecule has 2 rings (SSSR count). The molecule has 0 aromatic carbocycles. The molecule has 100 valence electrons. The Hall–Kier alpha value is 0.0569. The van der Waals surface area contributed by atoms with Crippen molar-refractivity contribution in [2.45, 2.75) is 44.6 Å². The monoisotopic (exact) mass is 259 g/mol. The number of ether oxygens (including phenoxy) is 1. The lowest BCUT2D eigenvalue weighted by Gasteiger charge is -2.35. The van der Waals surface area contributed by atoms with E-state index in [-0.39, 0.29) is 6.10 Å². The van der Waals surface area contributed by atoms with Crippen LogP contribution in [0.2, 0.25) is 12.6 Å². The summed E-state index contributed by atoms with van der Waals surface area (Å²) in [6.45, 7) is 7.98. The molecule has 5 heteroatoms. The SMILES string of the molecule is CC1CCN(C)CC2COCCC[Si](C)(O1)O2. The molecule has 2 bridgehead atoms. The first-order valence-electron chi connectivity index (χ1n) is 6.69. The molecule has 0 aromatic heterocycles. The summed E-state index contributed by atoms with van der Waals surface area (Å²) in [6, 6.07) is 1.05. The van der Waals surface area contributed by atoms with Crippen LogP contribution < -0.4 is 0 Å². The molecular formula is C12H25NO3Si. The van der Waals surface area contributed by atoms with Crippen LogP contribution in [0.3, 0.4) is 0 Å². The van der Waals surface area contributed by atoms with Crippen molar-refractivity contribution < 1.29 is 13.6 Å². The van der Waals surface area contributed by atoms with Gasteiger partial charge >= 0.3 is 8.56 Å². The molecule has 0 aromatic rings. The Morgan fingerprint density at radius 1 is 1.29 bits per heavy atom. The maximum absolute atomic E-state index is 6.29. The van der Waals surface area contributed by atoms with E-state index in [9.17, 15) is 0 Å². The van der Waals surface area contributed by atoms with Gasteiger partial charge in [0.25, 0.3) is 0 Å². The second-order valence-electron chi connectivity index (χ2n) is 5.53. The summed E-state index contributed by atoms with van der Waals surface area (Å²) < 4.78 is 18.2. The molecule has 2 aliphatic heterocycles. The number of nitrogens with zero attached hydrogens (tertiary/aromatic N) is 1. The number of likely N-dealkylation sites (N-methyl/N-ethyl adjacent to an activating group) is 1. The van der Waals surface area contributed by atoms with E-state index in [2.05, 4.69) is 25.4 Å². The smallest absolute Gasteiger partial charge is 0.335 e. The van der Waals surface area contributed by atoms with Crippen molar-refractivity contribution in [3.05, 3.63) is 0 Å². The van der Waals surface area contributed by atoms with Crippen LogP contribution in [0, 0.1) is 0 Å². The van der Waals surface area contributed by atoms with Crippen molar-refractivity contribution in [2.24, 2.45) is 0 Å². The minimum atomic E-state index is -1.98. The molecular weight excluding hydrogens is 234 g/mol. The molecule has 3 atom stereocenters. The third-order valence-electron chi connectivity index (χ3n) is 3.52. The Labute approximate surface area is 105 Å². The highest BCUT2D eigenvalue weighted by atomic mass is 28.4. The van der Waals surface area contributed by atoms with Gasteiger partial charge in [0.15, 0.2) is 0 Å². The van der Waals surface area contributed by atoms with Gasteiger partial charge in [-0.05, 0) is 39.4 Å². The molecule has 2 fully saturated rings. The minimum Gasteiger partial charge on any atom is -0.391 e. The predicted molar refractivity (Wildman–Crippen MR) is 69.4 cm³/mol. The summed E-state index contributed by atoms with van der Waals surface area (Å²) in [5, 5.41) is 0. The molecule has 2 aliphatic rings. The Morgan fingerprint density at radius 3 is 2.94 bits per heavy atom.